The molecule has 86 valence electrons. The summed E-state index contributed by atoms with van der Waals surface area (Å²) in [5, 5.41) is 9.78. The van der Waals surface area contributed by atoms with Crippen LogP contribution in [0.3, 0.4) is 0 Å². The predicted molar refractivity (Wildman–Crippen MR) is 57.4 cm³/mol. The van der Waals surface area contributed by atoms with Crippen molar-refractivity contribution < 1.29 is 14.6 Å². The van der Waals surface area contributed by atoms with Crippen molar-refractivity contribution >= 4 is 0 Å². The van der Waals surface area contributed by atoms with Gasteiger partial charge in [-0.3, -0.25) is 0 Å². The fourth-order valence-corrected chi connectivity index (χ4v) is 0.779. The second-order valence-electron chi connectivity index (χ2n) is 4.53. The molecule has 0 atom stereocenters. The summed E-state index contributed by atoms with van der Waals surface area (Å²) in [5.74, 6) is 0. The molecule has 0 rings (SSSR count). The first kappa shape index (κ1) is 13.9. The number of rotatable bonds is 7. The van der Waals surface area contributed by atoms with Crippen molar-refractivity contribution in [2.75, 3.05) is 19.8 Å². The smallest absolute Gasteiger partial charge is 0.0907 e. The lowest BCUT2D eigenvalue weighted by atomic mass is 9.89. The average Bonchev–Trinajstić information content (AvgIpc) is 2.02. The van der Waals surface area contributed by atoms with Gasteiger partial charge >= 0.3 is 0 Å². The molecular formula is C11H24O3. The van der Waals surface area contributed by atoms with Crippen molar-refractivity contribution in [2.24, 2.45) is 0 Å². The molecule has 0 aromatic heterocycles. The number of aliphatic hydroxyl groups is 1. The van der Waals surface area contributed by atoms with Crippen molar-refractivity contribution in [1.29, 1.82) is 0 Å². The highest BCUT2D eigenvalue weighted by atomic mass is 16.5. The van der Waals surface area contributed by atoms with E-state index in [1.165, 1.54) is 0 Å². The highest BCUT2D eigenvalue weighted by Crippen LogP contribution is 2.24. The highest BCUT2D eigenvalue weighted by Gasteiger charge is 2.35. The Bertz CT molecular complexity index is 147. The van der Waals surface area contributed by atoms with Gasteiger partial charge in [-0.1, -0.05) is 6.92 Å². The largest absolute Gasteiger partial charge is 0.387 e. The molecular weight excluding hydrogens is 180 g/mol. The van der Waals surface area contributed by atoms with E-state index in [0.29, 0.717) is 13.2 Å². The zero-order chi connectivity index (χ0) is 11.2. The summed E-state index contributed by atoms with van der Waals surface area (Å²) in [5.41, 5.74) is -1.37. The molecule has 0 spiro atoms. The van der Waals surface area contributed by atoms with Crippen LogP contribution < -0.4 is 0 Å². The first-order valence-corrected chi connectivity index (χ1v) is 5.25. The Kier molecular flexibility index (Phi) is 5.64. The minimum Gasteiger partial charge on any atom is -0.387 e. The van der Waals surface area contributed by atoms with E-state index in [4.69, 9.17) is 9.47 Å². The Labute approximate surface area is 87.4 Å². The monoisotopic (exact) mass is 204 g/mol. The van der Waals surface area contributed by atoms with Crippen LogP contribution in [0.2, 0.25) is 0 Å². The summed E-state index contributed by atoms with van der Waals surface area (Å²) >= 11 is 0. The zero-order valence-corrected chi connectivity index (χ0v) is 10.1. The third-order valence-corrected chi connectivity index (χ3v) is 2.51. The Hall–Kier alpha value is -0.120. The van der Waals surface area contributed by atoms with Crippen LogP contribution in [0.5, 0.6) is 0 Å². The van der Waals surface area contributed by atoms with E-state index < -0.39 is 11.2 Å². The normalized spacial score (nSPS) is 13.3. The van der Waals surface area contributed by atoms with Crippen molar-refractivity contribution in [3.63, 3.8) is 0 Å². The quantitative estimate of drug-likeness (QED) is 0.644. The van der Waals surface area contributed by atoms with E-state index in [-0.39, 0.29) is 0 Å². The molecule has 1 N–H and O–H groups in total. The fraction of sp³-hybridized carbons (Fsp3) is 1.00. The Morgan fingerprint density at radius 2 is 1.57 bits per heavy atom. The maximum atomic E-state index is 9.78. The molecule has 0 saturated carbocycles. The van der Waals surface area contributed by atoms with Gasteiger partial charge in [-0.05, 0) is 34.1 Å². The SMILES string of the molecule is CCCOCCOC(C)(C)C(C)(C)O. The molecule has 0 aliphatic carbocycles. The van der Waals surface area contributed by atoms with Crippen molar-refractivity contribution in [1.82, 2.24) is 0 Å². The molecule has 3 nitrogen and oxygen atoms in total. The minimum absolute atomic E-state index is 0.525. The Morgan fingerprint density at radius 3 is 2.00 bits per heavy atom. The van der Waals surface area contributed by atoms with E-state index >= 15 is 0 Å². The molecule has 3 heteroatoms. The molecule has 0 radical (unpaired) electrons. The molecule has 0 aromatic rings. The zero-order valence-electron chi connectivity index (χ0n) is 10.1. The van der Waals surface area contributed by atoms with E-state index in [9.17, 15) is 5.11 Å². The first-order chi connectivity index (χ1) is 6.31. The molecule has 0 aromatic carbocycles. The molecule has 0 heterocycles. The second-order valence-corrected chi connectivity index (χ2v) is 4.53. The molecule has 0 amide bonds. The van der Waals surface area contributed by atoms with Gasteiger partial charge < -0.3 is 14.6 Å². The second kappa shape index (κ2) is 5.69. The molecule has 0 unspecified atom stereocenters. The van der Waals surface area contributed by atoms with E-state index in [2.05, 4.69) is 6.92 Å². The van der Waals surface area contributed by atoms with Gasteiger partial charge in [0.1, 0.15) is 0 Å². The standard InChI is InChI=1S/C11H24O3/c1-6-7-13-8-9-14-11(4,5)10(2,3)12/h12H,6-9H2,1-5H3. The number of hydrogen-bond donors (Lipinski definition) is 1. The predicted octanol–water partition coefficient (Wildman–Crippen LogP) is 1.98. The lowest BCUT2D eigenvalue weighted by molar-refractivity contribution is -0.154. The highest BCUT2D eigenvalue weighted by molar-refractivity contribution is 4.87. The Balaban J connectivity index is 3.67. The number of ether oxygens (including phenoxy) is 2. The molecule has 0 aliphatic heterocycles. The maximum absolute atomic E-state index is 9.78. The lowest BCUT2D eigenvalue weighted by Gasteiger charge is -2.37. The molecule has 14 heavy (non-hydrogen) atoms. The summed E-state index contributed by atoms with van der Waals surface area (Å²) in [7, 11) is 0. The van der Waals surface area contributed by atoms with Crippen molar-refractivity contribution in [2.45, 2.75) is 52.2 Å². The fourth-order valence-electron chi connectivity index (χ4n) is 0.779. The topological polar surface area (TPSA) is 38.7 Å². The lowest BCUT2D eigenvalue weighted by Crippen LogP contribution is -2.47. The molecule has 0 aliphatic rings. The summed E-state index contributed by atoms with van der Waals surface area (Å²) < 4.78 is 10.8. The van der Waals surface area contributed by atoms with Crippen LogP contribution in [0.4, 0.5) is 0 Å². The van der Waals surface area contributed by atoms with Gasteiger partial charge in [0.2, 0.25) is 0 Å². The summed E-state index contributed by atoms with van der Waals surface area (Å²) in [4.78, 5) is 0. The summed E-state index contributed by atoms with van der Waals surface area (Å²) in [6.07, 6.45) is 1.02. The molecule has 0 saturated heterocycles. The van der Waals surface area contributed by atoms with Crippen LogP contribution in [-0.2, 0) is 9.47 Å². The van der Waals surface area contributed by atoms with E-state index in [1.54, 1.807) is 13.8 Å². The van der Waals surface area contributed by atoms with E-state index in [0.717, 1.165) is 13.0 Å². The van der Waals surface area contributed by atoms with Crippen LogP contribution in [0.15, 0.2) is 0 Å². The van der Waals surface area contributed by atoms with Crippen LogP contribution in [0, 0.1) is 0 Å². The molecule has 0 fully saturated rings. The van der Waals surface area contributed by atoms with Crippen molar-refractivity contribution in [3.05, 3.63) is 0 Å². The summed E-state index contributed by atoms with van der Waals surface area (Å²) in [6, 6.07) is 0. The van der Waals surface area contributed by atoms with Crippen LogP contribution in [-0.4, -0.2) is 36.1 Å². The third kappa shape index (κ3) is 4.94. The Morgan fingerprint density at radius 1 is 1.00 bits per heavy atom. The van der Waals surface area contributed by atoms with Gasteiger partial charge in [0, 0.05) is 6.61 Å². The van der Waals surface area contributed by atoms with Crippen LogP contribution in [0.1, 0.15) is 41.0 Å². The van der Waals surface area contributed by atoms with E-state index in [1.807, 2.05) is 13.8 Å². The number of hydrogen-bond acceptors (Lipinski definition) is 3. The minimum atomic E-state index is -0.836. The van der Waals surface area contributed by atoms with Gasteiger partial charge in [0.25, 0.3) is 0 Å². The first-order valence-electron chi connectivity index (χ1n) is 5.25. The van der Waals surface area contributed by atoms with Gasteiger partial charge in [-0.15, -0.1) is 0 Å². The molecule has 0 bridgehead atoms. The van der Waals surface area contributed by atoms with Crippen LogP contribution in [0.25, 0.3) is 0 Å². The van der Waals surface area contributed by atoms with Crippen LogP contribution >= 0.6 is 0 Å². The average molecular weight is 204 g/mol. The van der Waals surface area contributed by atoms with Gasteiger partial charge in [-0.25, -0.2) is 0 Å². The van der Waals surface area contributed by atoms with Gasteiger partial charge in [0.15, 0.2) is 0 Å². The summed E-state index contributed by atoms with van der Waals surface area (Å²) in [6.45, 7) is 11.2. The third-order valence-electron chi connectivity index (χ3n) is 2.51. The van der Waals surface area contributed by atoms with Gasteiger partial charge in [0.05, 0.1) is 24.4 Å². The maximum Gasteiger partial charge on any atom is 0.0907 e. The van der Waals surface area contributed by atoms with Crippen molar-refractivity contribution in [3.8, 4) is 0 Å². The van der Waals surface area contributed by atoms with Gasteiger partial charge in [-0.2, -0.15) is 0 Å².